The number of nitrogens with one attached hydrogen (secondary N) is 1. The summed E-state index contributed by atoms with van der Waals surface area (Å²) in [5.74, 6) is -0.0311. The second-order valence-electron chi connectivity index (χ2n) is 5.43. The van der Waals surface area contributed by atoms with Crippen molar-refractivity contribution in [2.24, 2.45) is 0 Å². The van der Waals surface area contributed by atoms with Gasteiger partial charge in [-0.05, 0) is 0 Å². The maximum absolute atomic E-state index is 12.5. The third kappa shape index (κ3) is 3.57. The lowest BCUT2D eigenvalue weighted by Gasteiger charge is -2.31. The van der Waals surface area contributed by atoms with Gasteiger partial charge in [0.25, 0.3) is 5.91 Å². The van der Waals surface area contributed by atoms with E-state index in [9.17, 15) is 9.59 Å². The lowest BCUT2D eigenvalue weighted by Crippen LogP contribution is -2.49. The number of benzene rings is 1. The first-order chi connectivity index (χ1) is 11.6. The SMILES string of the molecule is CC(=O)N1CCOC(C(=O)Nc2nccnc2-c2ccccc2)C1. The Labute approximate surface area is 139 Å². The van der Waals surface area contributed by atoms with Crippen LogP contribution in [0.4, 0.5) is 5.82 Å². The molecule has 1 aliphatic rings. The maximum Gasteiger partial charge on any atom is 0.256 e. The average Bonchev–Trinajstić information content (AvgIpc) is 2.63. The van der Waals surface area contributed by atoms with Gasteiger partial charge in [-0.25, -0.2) is 4.98 Å². The van der Waals surface area contributed by atoms with Crippen LogP contribution in [0.5, 0.6) is 0 Å². The van der Waals surface area contributed by atoms with Gasteiger partial charge in [0.2, 0.25) is 5.91 Å². The predicted octanol–water partition coefficient (Wildman–Crippen LogP) is 1.33. The minimum atomic E-state index is -0.715. The van der Waals surface area contributed by atoms with Crippen LogP contribution in [0.2, 0.25) is 0 Å². The van der Waals surface area contributed by atoms with Gasteiger partial charge in [-0.3, -0.25) is 14.6 Å². The first kappa shape index (κ1) is 16.1. The quantitative estimate of drug-likeness (QED) is 0.920. The third-order valence-corrected chi connectivity index (χ3v) is 3.79. The van der Waals surface area contributed by atoms with Gasteiger partial charge >= 0.3 is 0 Å². The lowest BCUT2D eigenvalue weighted by molar-refractivity contribution is -0.143. The van der Waals surface area contributed by atoms with Gasteiger partial charge in [0, 0.05) is 31.4 Å². The molecule has 0 aliphatic carbocycles. The van der Waals surface area contributed by atoms with E-state index in [4.69, 9.17) is 4.74 Å². The number of aromatic nitrogens is 2. The standard InChI is InChI=1S/C17H18N4O3/c1-12(22)21-9-10-24-14(11-21)17(23)20-16-15(18-7-8-19-16)13-5-3-2-4-6-13/h2-8,14H,9-11H2,1H3,(H,19,20,23). The van der Waals surface area contributed by atoms with Gasteiger partial charge in [0.15, 0.2) is 11.9 Å². The predicted molar refractivity (Wildman–Crippen MR) is 88.1 cm³/mol. The van der Waals surface area contributed by atoms with Crippen molar-refractivity contribution in [1.82, 2.24) is 14.9 Å². The van der Waals surface area contributed by atoms with E-state index >= 15 is 0 Å². The van der Waals surface area contributed by atoms with Crippen LogP contribution in [-0.2, 0) is 14.3 Å². The smallest absolute Gasteiger partial charge is 0.256 e. The van der Waals surface area contributed by atoms with Crippen molar-refractivity contribution in [2.75, 3.05) is 25.0 Å². The Morgan fingerprint density at radius 2 is 1.96 bits per heavy atom. The zero-order valence-corrected chi connectivity index (χ0v) is 13.3. The van der Waals surface area contributed by atoms with Gasteiger partial charge in [-0.1, -0.05) is 30.3 Å². The van der Waals surface area contributed by atoms with Gasteiger partial charge in [0.05, 0.1) is 13.2 Å². The van der Waals surface area contributed by atoms with Crippen LogP contribution in [0.25, 0.3) is 11.3 Å². The van der Waals surface area contributed by atoms with Gasteiger partial charge < -0.3 is 15.0 Å². The van der Waals surface area contributed by atoms with Crippen LogP contribution in [0.1, 0.15) is 6.92 Å². The van der Waals surface area contributed by atoms with Gasteiger partial charge in [0.1, 0.15) is 5.69 Å². The third-order valence-electron chi connectivity index (χ3n) is 3.79. The zero-order chi connectivity index (χ0) is 16.9. The van der Waals surface area contributed by atoms with Gasteiger partial charge in [-0.2, -0.15) is 0 Å². The van der Waals surface area contributed by atoms with E-state index < -0.39 is 6.10 Å². The van der Waals surface area contributed by atoms with E-state index in [1.54, 1.807) is 11.1 Å². The number of carbonyl (C=O) groups excluding carboxylic acids is 2. The first-order valence-corrected chi connectivity index (χ1v) is 7.69. The Kier molecular flexibility index (Phi) is 4.81. The maximum atomic E-state index is 12.5. The van der Waals surface area contributed by atoms with Crippen LogP contribution in [-0.4, -0.2) is 52.5 Å². The summed E-state index contributed by atoms with van der Waals surface area (Å²) in [4.78, 5) is 34.1. The molecular formula is C17H18N4O3. The largest absolute Gasteiger partial charge is 0.365 e. The van der Waals surface area contributed by atoms with Crippen molar-refractivity contribution < 1.29 is 14.3 Å². The minimum Gasteiger partial charge on any atom is -0.365 e. The highest BCUT2D eigenvalue weighted by Gasteiger charge is 2.28. The molecule has 1 aliphatic heterocycles. The number of amides is 2. The summed E-state index contributed by atoms with van der Waals surface area (Å²) in [5.41, 5.74) is 1.45. The number of anilines is 1. The molecule has 2 aromatic rings. The summed E-state index contributed by atoms with van der Waals surface area (Å²) in [5, 5.41) is 2.76. The van der Waals surface area contributed by atoms with Crippen LogP contribution in [0.3, 0.4) is 0 Å². The fourth-order valence-electron chi connectivity index (χ4n) is 2.53. The molecule has 7 heteroatoms. The van der Waals surface area contributed by atoms with Crippen LogP contribution < -0.4 is 5.32 Å². The van der Waals surface area contributed by atoms with Crippen molar-refractivity contribution in [3.8, 4) is 11.3 Å². The monoisotopic (exact) mass is 326 g/mol. The zero-order valence-electron chi connectivity index (χ0n) is 13.3. The summed E-state index contributed by atoms with van der Waals surface area (Å²) in [7, 11) is 0. The Bertz CT molecular complexity index is 736. The fraction of sp³-hybridized carbons (Fsp3) is 0.294. The molecule has 1 saturated heterocycles. The molecule has 2 heterocycles. The van der Waals surface area contributed by atoms with Crippen LogP contribution in [0, 0.1) is 0 Å². The second-order valence-corrected chi connectivity index (χ2v) is 5.43. The molecule has 24 heavy (non-hydrogen) atoms. The van der Waals surface area contributed by atoms with Crippen molar-refractivity contribution >= 4 is 17.6 Å². The summed E-state index contributed by atoms with van der Waals surface area (Å²) < 4.78 is 5.48. The number of carbonyl (C=O) groups is 2. The number of hydrogen-bond donors (Lipinski definition) is 1. The molecule has 1 aromatic carbocycles. The fourth-order valence-corrected chi connectivity index (χ4v) is 2.53. The van der Waals surface area contributed by atoms with E-state index in [-0.39, 0.29) is 18.4 Å². The van der Waals surface area contributed by atoms with E-state index in [1.807, 2.05) is 30.3 Å². The van der Waals surface area contributed by atoms with Gasteiger partial charge in [-0.15, -0.1) is 0 Å². The molecule has 1 fully saturated rings. The molecule has 1 atom stereocenters. The summed E-state index contributed by atoms with van der Waals surface area (Å²) in [6.45, 7) is 2.56. The number of morpholine rings is 1. The van der Waals surface area contributed by atoms with Crippen LogP contribution >= 0.6 is 0 Å². The Morgan fingerprint density at radius 1 is 1.21 bits per heavy atom. The minimum absolute atomic E-state index is 0.0689. The summed E-state index contributed by atoms with van der Waals surface area (Å²) >= 11 is 0. The summed E-state index contributed by atoms with van der Waals surface area (Å²) in [6, 6.07) is 9.49. The highest BCUT2D eigenvalue weighted by Crippen LogP contribution is 2.23. The summed E-state index contributed by atoms with van der Waals surface area (Å²) in [6.07, 6.45) is 2.38. The van der Waals surface area contributed by atoms with E-state index in [0.717, 1.165) is 5.56 Å². The Morgan fingerprint density at radius 3 is 2.71 bits per heavy atom. The van der Waals surface area contributed by atoms with E-state index in [2.05, 4.69) is 15.3 Å². The molecule has 0 spiro atoms. The molecule has 1 aromatic heterocycles. The first-order valence-electron chi connectivity index (χ1n) is 7.69. The molecular weight excluding hydrogens is 308 g/mol. The molecule has 0 bridgehead atoms. The van der Waals surface area contributed by atoms with Crippen molar-refractivity contribution in [1.29, 1.82) is 0 Å². The molecule has 1 unspecified atom stereocenters. The highest BCUT2D eigenvalue weighted by molar-refractivity contribution is 5.96. The number of ether oxygens (including phenoxy) is 1. The Balaban J connectivity index is 1.77. The normalized spacial score (nSPS) is 17.4. The van der Waals surface area contributed by atoms with Crippen molar-refractivity contribution in [2.45, 2.75) is 13.0 Å². The second kappa shape index (κ2) is 7.18. The molecule has 7 nitrogen and oxygen atoms in total. The number of nitrogens with zero attached hydrogens (tertiary/aromatic N) is 3. The highest BCUT2D eigenvalue weighted by atomic mass is 16.5. The lowest BCUT2D eigenvalue weighted by atomic mass is 10.1. The Hall–Kier alpha value is -2.80. The molecule has 0 saturated carbocycles. The molecule has 2 amide bonds. The molecule has 124 valence electrons. The molecule has 3 rings (SSSR count). The van der Waals surface area contributed by atoms with E-state index in [1.165, 1.54) is 13.1 Å². The van der Waals surface area contributed by atoms with Crippen LogP contribution in [0.15, 0.2) is 42.7 Å². The van der Waals surface area contributed by atoms with Crippen molar-refractivity contribution in [3.05, 3.63) is 42.7 Å². The number of hydrogen-bond acceptors (Lipinski definition) is 5. The van der Waals surface area contributed by atoms with Crippen molar-refractivity contribution in [3.63, 3.8) is 0 Å². The average molecular weight is 326 g/mol. The molecule has 0 radical (unpaired) electrons. The number of rotatable bonds is 3. The van der Waals surface area contributed by atoms with E-state index in [0.29, 0.717) is 24.7 Å². The topological polar surface area (TPSA) is 84.4 Å². The molecule has 1 N–H and O–H groups in total.